The van der Waals surface area contributed by atoms with E-state index in [4.69, 9.17) is 11.6 Å². The van der Waals surface area contributed by atoms with Gasteiger partial charge in [-0.15, -0.1) is 10.2 Å². The van der Waals surface area contributed by atoms with E-state index >= 15 is 0 Å². The summed E-state index contributed by atoms with van der Waals surface area (Å²) in [5.41, 5.74) is 1.81. The number of halogens is 1. The number of hydrogen-bond acceptors (Lipinski definition) is 6. The van der Waals surface area contributed by atoms with Gasteiger partial charge in [0, 0.05) is 56.1 Å². The third-order valence-electron chi connectivity index (χ3n) is 5.31. The second kappa shape index (κ2) is 8.89. The molecular weight excluding hydrogens is 416 g/mol. The molecule has 1 atom stereocenters. The summed E-state index contributed by atoms with van der Waals surface area (Å²) >= 11 is 6.18. The molecule has 0 radical (unpaired) electrons. The first-order valence-corrected chi connectivity index (χ1v) is 10.5. The van der Waals surface area contributed by atoms with Crippen molar-refractivity contribution in [3.05, 3.63) is 58.5 Å². The van der Waals surface area contributed by atoms with Gasteiger partial charge in [0.25, 0.3) is 0 Å². The zero-order valence-electron chi connectivity index (χ0n) is 17.8. The summed E-state index contributed by atoms with van der Waals surface area (Å²) < 4.78 is 1.79. The van der Waals surface area contributed by atoms with Gasteiger partial charge in [0.05, 0.1) is 6.54 Å². The first-order chi connectivity index (χ1) is 14.9. The summed E-state index contributed by atoms with van der Waals surface area (Å²) in [6, 6.07) is 7.65. The molecule has 0 bridgehead atoms. The van der Waals surface area contributed by atoms with Crippen LogP contribution in [0.3, 0.4) is 0 Å². The number of aromatic nitrogens is 6. The van der Waals surface area contributed by atoms with Gasteiger partial charge in [-0.1, -0.05) is 17.7 Å². The van der Waals surface area contributed by atoms with Gasteiger partial charge in [-0.3, -0.25) is 9.48 Å². The predicted molar refractivity (Wildman–Crippen MR) is 119 cm³/mol. The Kier molecular flexibility index (Phi) is 6.03. The standard InChI is InChI=1S/C21H25ClN8O/c1-15-13-28(20-8-9-27(3)25-20)10-11-29(15)21(31)7-5-17-4-6-19(22)12-18(17)14-30-24-16(2)23-26-30/h4-9,12,15H,10-11,13-14H2,1-3H3/t15-/m1/s1. The first-order valence-electron chi connectivity index (χ1n) is 10.1. The first kappa shape index (κ1) is 21.0. The zero-order valence-corrected chi connectivity index (χ0v) is 18.6. The van der Waals surface area contributed by atoms with Gasteiger partial charge in [-0.25, -0.2) is 0 Å². The molecule has 1 saturated heterocycles. The Bertz CT molecular complexity index is 1100. The molecule has 1 aliphatic rings. The van der Waals surface area contributed by atoms with Crippen molar-refractivity contribution in [2.45, 2.75) is 26.4 Å². The van der Waals surface area contributed by atoms with E-state index in [1.807, 2.05) is 48.5 Å². The number of carbonyl (C=O) groups excluding carboxylic acids is 1. The summed E-state index contributed by atoms with van der Waals surface area (Å²) in [6.07, 6.45) is 5.38. The van der Waals surface area contributed by atoms with Crippen LogP contribution in [0.25, 0.3) is 6.08 Å². The van der Waals surface area contributed by atoms with Crippen molar-refractivity contribution in [3.63, 3.8) is 0 Å². The highest BCUT2D eigenvalue weighted by atomic mass is 35.5. The molecule has 10 heteroatoms. The molecule has 2 aromatic heterocycles. The van der Waals surface area contributed by atoms with Gasteiger partial charge in [-0.05, 0) is 48.4 Å². The number of aryl methyl sites for hydroxylation is 2. The fraction of sp³-hybridized carbons (Fsp3) is 0.381. The maximum atomic E-state index is 12.9. The number of tetrazole rings is 1. The molecule has 31 heavy (non-hydrogen) atoms. The molecule has 1 amide bonds. The van der Waals surface area contributed by atoms with Crippen LogP contribution in [0, 0.1) is 6.92 Å². The number of benzene rings is 1. The Morgan fingerprint density at radius 1 is 1.26 bits per heavy atom. The molecule has 3 heterocycles. The van der Waals surface area contributed by atoms with Crippen LogP contribution in [0.15, 0.2) is 36.5 Å². The fourth-order valence-electron chi connectivity index (χ4n) is 3.74. The monoisotopic (exact) mass is 440 g/mol. The normalized spacial score (nSPS) is 17.0. The topological polar surface area (TPSA) is 85.0 Å². The smallest absolute Gasteiger partial charge is 0.246 e. The van der Waals surface area contributed by atoms with E-state index in [2.05, 4.69) is 32.3 Å². The molecule has 0 aliphatic carbocycles. The van der Waals surface area contributed by atoms with Crippen LogP contribution in [0.4, 0.5) is 5.82 Å². The number of nitrogens with zero attached hydrogens (tertiary/aromatic N) is 8. The summed E-state index contributed by atoms with van der Waals surface area (Å²) in [7, 11) is 1.91. The Hall–Kier alpha value is -3.20. The average Bonchev–Trinajstić information content (AvgIpc) is 3.35. The maximum absolute atomic E-state index is 12.9. The number of anilines is 1. The highest BCUT2D eigenvalue weighted by Crippen LogP contribution is 2.20. The molecule has 1 aromatic carbocycles. The van der Waals surface area contributed by atoms with Gasteiger partial charge in [0.2, 0.25) is 5.91 Å². The van der Waals surface area contributed by atoms with Gasteiger partial charge in [0.1, 0.15) is 0 Å². The number of carbonyl (C=O) groups is 1. The van der Waals surface area contributed by atoms with Crippen molar-refractivity contribution in [1.29, 1.82) is 0 Å². The number of hydrogen-bond donors (Lipinski definition) is 0. The van der Waals surface area contributed by atoms with Crippen LogP contribution in [0.1, 0.15) is 23.9 Å². The lowest BCUT2D eigenvalue weighted by Crippen LogP contribution is -2.53. The van der Waals surface area contributed by atoms with Crippen molar-refractivity contribution in [1.82, 2.24) is 34.9 Å². The van der Waals surface area contributed by atoms with E-state index < -0.39 is 0 Å². The quantitative estimate of drug-likeness (QED) is 0.565. The van der Waals surface area contributed by atoms with E-state index in [-0.39, 0.29) is 11.9 Å². The second-order valence-electron chi connectivity index (χ2n) is 7.72. The molecule has 1 aliphatic heterocycles. The van der Waals surface area contributed by atoms with Crippen LogP contribution >= 0.6 is 11.6 Å². The Balaban J connectivity index is 1.44. The lowest BCUT2D eigenvalue weighted by molar-refractivity contribution is -0.128. The number of amides is 1. The molecule has 4 rings (SSSR count). The minimum Gasteiger partial charge on any atom is -0.351 e. The van der Waals surface area contributed by atoms with E-state index in [1.54, 1.807) is 17.7 Å². The summed E-state index contributed by atoms with van der Waals surface area (Å²) in [5, 5.41) is 17.2. The summed E-state index contributed by atoms with van der Waals surface area (Å²) in [4.78, 5) is 18.5. The van der Waals surface area contributed by atoms with Gasteiger partial charge < -0.3 is 9.80 Å². The van der Waals surface area contributed by atoms with Crippen molar-refractivity contribution in [2.75, 3.05) is 24.5 Å². The average molecular weight is 441 g/mol. The molecule has 0 N–H and O–H groups in total. The molecule has 9 nitrogen and oxygen atoms in total. The maximum Gasteiger partial charge on any atom is 0.246 e. The van der Waals surface area contributed by atoms with Gasteiger partial charge in [-0.2, -0.15) is 9.90 Å². The highest BCUT2D eigenvalue weighted by Gasteiger charge is 2.27. The van der Waals surface area contributed by atoms with E-state index in [1.165, 1.54) is 4.80 Å². The molecule has 3 aromatic rings. The highest BCUT2D eigenvalue weighted by molar-refractivity contribution is 6.30. The van der Waals surface area contributed by atoms with Gasteiger partial charge in [0.15, 0.2) is 11.6 Å². The molecule has 0 spiro atoms. The van der Waals surface area contributed by atoms with Crippen LogP contribution in [0.2, 0.25) is 5.02 Å². The Morgan fingerprint density at radius 2 is 2.10 bits per heavy atom. The lowest BCUT2D eigenvalue weighted by atomic mass is 10.1. The Labute approximate surface area is 185 Å². The molecule has 1 fully saturated rings. The SMILES string of the molecule is Cc1nnn(Cc2cc(Cl)ccc2C=CC(=O)N2CCN(c3ccn(C)n3)C[C@H]2C)n1. The van der Waals surface area contributed by atoms with E-state index in [9.17, 15) is 4.79 Å². The lowest BCUT2D eigenvalue weighted by Gasteiger charge is -2.39. The third-order valence-corrected chi connectivity index (χ3v) is 5.54. The van der Waals surface area contributed by atoms with Crippen molar-refractivity contribution >= 4 is 29.4 Å². The molecule has 162 valence electrons. The molecule has 0 unspecified atom stereocenters. The summed E-state index contributed by atoms with van der Waals surface area (Å²) in [5.74, 6) is 1.54. The Morgan fingerprint density at radius 3 is 2.77 bits per heavy atom. The van der Waals surface area contributed by atoms with Crippen LogP contribution < -0.4 is 4.90 Å². The third kappa shape index (κ3) is 4.93. The van der Waals surface area contributed by atoms with E-state index in [0.29, 0.717) is 23.9 Å². The van der Waals surface area contributed by atoms with Crippen LogP contribution in [0.5, 0.6) is 0 Å². The minimum atomic E-state index is -0.0104. The van der Waals surface area contributed by atoms with Crippen LogP contribution in [-0.4, -0.2) is 66.5 Å². The van der Waals surface area contributed by atoms with E-state index in [0.717, 1.165) is 30.0 Å². The molecule has 0 saturated carbocycles. The second-order valence-corrected chi connectivity index (χ2v) is 8.15. The van der Waals surface area contributed by atoms with Gasteiger partial charge >= 0.3 is 0 Å². The summed E-state index contributed by atoms with van der Waals surface area (Å²) in [6.45, 7) is 6.43. The van der Waals surface area contributed by atoms with Crippen molar-refractivity contribution < 1.29 is 4.79 Å². The minimum absolute atomic E-state index is 0.0104. The predicted octanol–water partition coefficient (Wildman–Crippen LogP) is 2.17. The van der Waals surface area contributed by atoms with Crippen molar-refractivity contribution in [3.8, 4) is 0 Å². The van der Waals surface area contributed by atoms with Crippen molar-refractivity contribution in [2.24, 2.45) is 7.05 Å². The molecular formula is C21H25ClN8O. The fourth-order valence-corrected chi connectivity index (χ4v) is 3.93. The number of piperazine rings is 1. The largest absolute Gasteiger partial charge is 0.351 e. The zero-order chi connectivity index (χ0) is 22.0. The van der Waals surface area contributed by atoms with Crippen LogP contribution in [-0.2, 0) is 18.4 Å². The number of rotatable bonds is 5.